The minimum atomic E-state index is -0.0502. The average molecular weight is 395 g/mol. The van der Waals surface area contributed by atoms with E-state index in [-0.39, 0.29) is 5.41 Å². The summed E-state index contributed by atoms with van der Waals surface area (Å²) in [4.78, 5) is 12.9. The summed E-state index contributed by atoms with van der Waals surface area (Å²) in [5.41, 5.74) is 2.38. The number of aliphatic imine (C=N–C) groups is 1. The summed E-state index contributed by atoms with van der Waals surface area (Å²) in [6.45, 7) is 10.3. The summed E-state index contributed by atoms with van der Waals surface area (Å²) in [5.74, 6) is 3.24. The van der Waals surface area contributed by atoms with Gasteiger partial charge in [-0.3, -0.25) is 4.99 Å². The molecule has 0 aliphatic heterocycles. The number of aromatic nitrogens is 3. The predicted octanol–water partition coefficient (Wildman–Crippen LogP) is 3.39. The third kappa shape index (κ3) is 5.70. The molecule has 2 heterocycles. The number of hydrogen-bond acceptors (Lipinski definition) is 4. The summed E-state index contributed by atoms with van der Waals surface area (Å²) >= 11 is 0. The molecule has 0 saturated carbocycles. The maximum Gasteiger partial charge on any atom is 0.213 e. The van der Waals surface area contributed by atoms with Gasteiger partial charge in [-0.2, -0.15) is 0 Å². The lowest BCUT2D eigenvalue weighted by Gasteiger charge is -2.14. The number of rotatable bonds is 6. The summed E-state index contributed by atoms with van der Waals surface area (Å²) in [6, 6.07) is 8.51. The van der Waals surface area contributed by atoms with Crippen molar-refractivity contribution in [3.05, 3.63) is 71.5 Å². The summed E-state index contributed by atoms with van der Waals surface area (Å²) in [6.07, 6.45) is 5.62. The highest BCUT2D eigenvalue weighted by Crippen LogP contribution is 2.22. The molecule has 0 bridgehead atoms. The van der Waals surface area contributed by atoms with E-state index in [9.17, 15) is 0 Å². The third-order valence-electron chi connectivity index (χ3n) is 4.65. The number of nitrogens with zero attached hydrogens (tertiary/aromatic N) is 4. The van der Waals surface area contributed by atoms with Gasteiger partial charge in [0.15, 0.2) is 5.96 Å². The lowest BCUT2D eigenvalue weighted by molar-refractivity contribution is 0.379. The highest BCUT2D eigenvalue weighted by atomic mass is 16.4. The third-order valence-corrected chi connectivity index (χ3v) is 4.65. The lowest BCUT2D eigenvalue weighted by atomic mass is 9.94. The van der Waals surface area contributed by atoms with Crippen molar-refractivity contribution in [2.75, 3.05) is 7.05 Å². The van der Waals surface area contributed by atoms with Gasteiger partial charge in [0.2, 0.25) is 5.89 Å². The van der Waals surface area contributed by atoms with Gasteiger partial charge in [-0.15, -0.1) is 0 Å². The van der Waals surface area contributed by atoms with Crippen LogP contribution in [0.1, 0.15) is 49.4 Å². The van der Waals surface area contributed by atoms with E-state index in [0.717, 1.165) is 18.1 Å². The Balaban J connectivity index is 1.53. The SMILES string of the molecule is CN=C(NCc1cccc(Cn2ccnc2C)c1)NCc1ncc(C(C)(C)C)o1. The molecule has 0 spiro atoms. The van der Waals surface area contributed by atoms with Crippen LogP contribution < -0.4 is 10.6 Å². The molecule has 0 radical (unpaired) electrons. The largest absolute Gasteiger partial charge is 0.443 e. The molecule has 1 aromatic carbocycles. The monoisotopic (exact) mass is 394 g/mol. The second-order valence-electron chi connectivity index (χ2n) is 8.07. The number of nitrogens with one attached hydrogen (secondary N) is 2. The topological polar surface area (TPSA) is 80.3 Å². The fourth-order valence-corrected chi connectivity index (χ4v) is 2.91. The molecule has 7 nitrogen and oxygen atoms in total. The fourth-order valence-electron chi connectivity index (χ4n) is 2.91. The number of hydrogen-bond donors (Lipinski definition) is 2. The first kappa shape index (κ1) is 20.6. The van der Waals surface area contributed by atoms with E-state index in [1.165, 1.54) is 11.1 Å². The predicted molar refractivity (Wildman–Crippen MR) is 115 cm³/mol. The van der Waals surface area contributed by atoms with E-state index >= 15 is 0 Å². The van der Waals surface area contributed by atoms with Crippen molar-refractivity contribution < 1.29 is 4.42 Å². The minimum absolute atomic E-state index is 0.0502. The molecule has 3 rings (SSSR count). The molecule has 0 aliphatic carbocycles. The van der Waals surface area contributed by atoms with Gasteiger partial charge in [0, 0.05) is 37.9 Å². The molecular formula is C22H30N6O. The first-order valence-corrected chi connectivity index (χ1v) is 9.80. The van der Waals surface area contributed by atoms with Crippen LogP contribution in [0.25, 0.3) is 0 Å². The van der Waals surface area contributed by atoms with Gasteiger partial charge in [-0.1, -0.05) is 45.0 Å². The first-order chi connectivity index (χ1) is 13.8. The maximum atomic E-state index is 5.82. The van der Waals surface area contributed by atoms with E-state index in [4.69, 9.17) is 4.42 Å². The van der Waals surface area contributed by atoms with Gasteiger partial charge in [0.25, 0.3) is 0 Å². The number of imidazole rings is 1. The number of guanidine groups is 1. The Hall–Kier alpha value is -3.09. The molecule has 0 fully saturated rings. The summed E-state index contributed by atoms with van der Waals surface area (Å²) in [7, 11) is 1.75. The first-order valence-electron chi connectivity index (χ1n) is 9.80. The Morgan fingerprint density at radius 2 is 1.90 bits per heavy atom. The van der Waals surface area contributed by atoms with Crippen molar-refractivity contribution in [1.29, 1.82) is 0 Å². The van der Waals surface area contributed by atoms with Crippen LogP contribution in [0.2, 0.25) is 0 Å². The van der Waals surface area contributed by atoms with Gasteiger partial charge >= 0.3 is 0 Å². The van der Waals surface area contributed by atoms with Gasteiger partial charge in [-0.25, -0.2) is 9.97 Å². The minimum Gasteiger partial charge on any atom is -0.443 e. The second-order valence-corrected chi connectivity index (χ2v) is 8.07. The summed E-state index contributed by atoms with van der Waals surface area (Å²) in [5, 5.41) is 6.59. The van der Waals surface area contributed by atoms with Crippen LogP contribution in [-0.2, 0) is 25.0 Å². The highest BCUT2D eigenvalue weighted by molar-refractivity contribution is 5.79. The van der Waals surface area contributed by atoms with Crippen molar-refractivity contribution in [3.8, 4) is 0 Å². The van der Waals surface area contributed by atoms with E-state index in [0.29, 0.717) is 24.9 Å². The number of oxazole rings is 1. The highest BCUT2D eigenvalue weighted by Gasteiger charge is 2.19. The molecule has 0 unspecified atom stereocenters. The molecule has 2 N–H and O–H groups in total. The van der Waals surface area contributed by atoms with Crippen LogP contribution >= 0.6 is 0 Å². The molecule has 0 atom stereocenters. The van der Waals surface area contributed by atoms with E-state index in [2.05, 4.69) is 75.2 Å². The molecular weight excluding hydrogens is 364 g/mol. The van der Waals surface area contributed by atoms with Crippen molar-refractivity contribution in [2.24, 2.45) is 4.99 Å². The lowest BCUT2D eigenvalue weighted by Crippen LogP contribution is -2.36. The van der Waals surface area contributed by atoms with Crippen LogP contribution in [0.15, 0.2) is 52.3 Å². The van der Waals surface area contributed by atoms with Gasteiger partial charge in [0.1, 0.15) is 11.6 Å². The Labute approximate surface area is 172 Å². The van der Waals surface area contributed by atoms with Crippen molar-refractivity contribution in [3.63, 3.8) is 0 Å². The smallest absolute Gasteiger partial charge is 0.213 e. The Bertz CT molecular complexity index is 964. The van der Waals surface area contributed by atoms with E-state index in [1.807, 2.05) is 19.3 Å². The zero-order valence-electron chi connectivity index (χ0n) is 17.9. The van der Waals surface area contributed by atoms with Crippen molar-refractivity contribution in [2.45, 2.75) is 52.7 Å². The molecule has 154 valence electrons. The van der Waals surface area contributed by atoms with Crippen LogP contribution in [0.3, 0.4) is 0 Å². The standard InChI is InChI=1S/C22H30N6O/c1-16-24-9-10-28(16)15-18-8-6-7-17(11-18)12-26-21(23-5)27-14-20-25-13-19(29-20)22(2,3)4/h6-11,13H,12,14-15H2,1-5H3,(H2,23,26,27). The quantitative estimate of drug-likeness (QED) is 0.495. The van der Waals surface area contributed by atoms with Crippen LogP contribution in [0.5, 0.6) is 0 Å². The van der Waals surface area contributed by atoms with Gasteiger partial charge in [0.05, 0.1) is 12.7 Å². The van der Waals surface area contributed by atoms with Gasteiger partial charge < -0.3 is 19.6 Å². The van der Waals surface area contributed by atoms with Crippen molar-refractivity contribution >= 4 is 5.96 Å². The van der Waals surface area contributed by atoms with Gasteiger partial charge in [-0.05, 0) is 18.1 Å². The Morgan fingerprint density at radius 3 is 2.55 bits per heavy atom. The Morgan fingerprint density at radius 1 is 1.14 bits per heavy atom. The van der Waals surface area contributed by atoms with Crippen molar-refractivity contribution in [1.82, 2.24) is 25.2 Å². The molecule has 0 aliphatic rings. The second kappa shape index (κ2) is 8.94. The molecule has 0 amide bonds. The normalized spacial score (nSPS) is 12.2. The van der Waals surface area contributed by atoms with Crippen LogP contribution in [-0.4, -0.2) is 27.5 Å². The number of benzene rings is 1. The fraction of sp³-hybridized carbons (Fsp3) is 0.409. The summed E-state index contributed by atoms with van der Waals surface area (Å²) < 4.78 is 7.95. The van der Waals surface area contributed by atoms with Crippen LogP contribution in [0.4, 0.5) is 0 Å². The zero-order valence-corrected chi connectivity index (χ0v) is 17.9. The zero-order chi connectivity index (χ0) is 20.9. The molecule has 3 aromatic rings. The van der Waals surface area contributed by atoms with E-state index < -0.39 is 0 Å². The van der Waals surface area contributed by atoms with Crippen LogP contribution in [0, 0.1) is 6.92 Å². The molecule has 2 aromatic heterocycles. The molecule has 0 saturated heterocycles. The number of aryl methyl sites for hydroxylation is 1. The molecule has 29 heavy (non-hydrogen) atoms. The molecule has 7 heteroatoms. The maximum absolute atomic E-state index is 5.82. The van der Waals surface area contributed by atoms with E-state index in [1.54, 1.807) is 13.2 Å². The Kier molecular flexibility index (Phi) is 6.36. The average Bonchev–Trinajstić information content (AvgIpc) is 3.32.